The Labute approximate surface area is 110 Å². The summed E-state index contributed by atoms with van der Waals surface area (Å²) in [7, 11) is 3.78. The molecule has 2 rings (SSSR count). The number of methoxy groups -OCH3 is 1. The number of likely N-dealkylation sites (tertiary alicyclic amines) is 1. The lowest BCUT2D eigenvalue weighted by Crippen LogP contribution is -2.44. The van der Waals surface area contributed by atoms with Gasteiger partial charge in [-0.25, -0.2) is 0 Å². The normalized spacial score (nSPS) is 20.9. The molecule has 3 heteroatoms. The van der Waals surface area contributed by atoms with E-state index in [-0.39, 0.29) is 0 Å². The van der Waals surface area contributed by atoms with Crippen molar-refractivity contribution in [2.75, 3.05) is 33.8 Å². The number of likely N-dealkylation sites (N-methyl/N-ethyl adjacent to an activating group) is 1. The molecule has 18 heavy (non-hydrogen) atoms. The van der Waals surface area contributed by atoms with Crippen molar-refractivity contribution in [1.29, 1.82) is 0 Å². The van der Waals surface area contributed by atoms with Gasteiger partial charge in [0.2, 0.25) is 0 Å². The zero-order valence-electron chi connectivity index (χ0n) is 11.5. The minimum absolute atomic E-state index is 0.676. The third-order valence-electron chi connectivity index (χ3n) is 3.79. The van der Waals surface area contributed by atoms with Crippen LogP contribution in [0.15, 0.2) is 24.3 Å². The number of rotatable bonds is 5. The van der Waals surface area contributed by atoms with Crippen molar-refractivity contribution in [3.05, 3.63) is 29.8 Å². The molecule has 1 atom stereocenters. The van der Waals surface area contributed by atoms with Gasteiger partial charge < -0.3 is 15.0 Å². The van der Waals surface area contributed by atoms with Crippen molar-refractivity contribution in [2.45, 2.75) is 25.3 Å². The zero-order valence-corrected chi connectivity index (χ0v) is 11.5. The van der Waals surface area contributed by atoms with E-state index in [4.69, 9.17) is 4.74 Å². The first kappa shape index (κ1) is 13.4. The van der Waals surface area contributed by atoms with Crippen LogP contribution in [0.3, 0.4) is 0 Å². The molecule has 1 aliphatic heterocycles. The molecular formula is C15H24N2O. The van der Waals surface area contributed by atoms with Gasteiger partial charge in [0.15, 0.2) is 0 Å². The molecular weight excluding hydrogens is 224 g/mol. The van der Waals surface area contributed by atoms with Crippen molar-refractivity contribution in [1.82, 2.24) is 10.2 Å². The van der Waals surface area contributed by atoms with Crippen LogP contribution in [0.4, 0.5) is 0 Å². The molecule has 1 unspecified atom stereocenters. The quantitative estimate of drug-likeness (QED) is 0.861. The van der Waals surface area contributed by atoms with Crippen molar-refractivity contribution < 1.29 is 4.74 Å². The first-order chi connectivity index (χ1) is 8.81. The molecule has 0 spiro atoms. The number of benzene rings is 1. The largest absolute Gasteiger partial charge is 0.497 e. The van der Waals surface area contributed by atoms with Gasteiger partial charge in [-0.15, -0.1) is 0 Å². The van der Waals surface area contributed by atoms with Gasteiger partial charge in [-0.05, 0) is 50.6 Å². The smallest absolute Gasteiger partial charge is 0.118 e. The summed E-state index contributed by atoms with van der Waals surface area (Å²) in [6.07, 6.45) is 3.75. The molecule has 1 aromatic rings. The first-order valence-corrected chi connectivity index (χ1v) is 6.84. The van der Waals surface area contributed by atoms with Crippen LogP contribution in [0.1, 0.15) is 18.4 Å². The van der Waals surface area contributed by atoms with Crippen molar-refractivity contribution >= 4 is 0 Å². The molecule has 1 N–H and O–H groups in total. The molecule has 0 radical (unpaired) electrons. The molecule has 0 amide bonds. The molecule has 1 fully saturated rings. The van der Waals surface area contributed by atoms with Crippen molar-refractivity contribution in [3.63, 3.8) is 0 Å². The summed E-state index contributed by atoms with van der Waals surface area (Å²) in [6.45, 7) is 3.59. The van der Waals surface area contributed by atoms with E-state index in [1.54, 1.807) is 7.11 Å². The lowest BCUT2D eigenvalue weighted by molar-refractivity contribution is 0.197. The fourth-order valence-electron chi connectivity index (χ4n) is 2.57. The van der Waals surface area contributed by atoms with Crippen LogP contribution in [0.2, 0.25) is 0 Å². The lowest BCUT2D eigenvalue weighted by atomic mass is 10.0. The zero-order chi connectivity index (χ0) is 12.8. The molecule has 1 saturated heterocycles. The van der Waals surface area contributed by atoms with E-state index in [9.17, 15) is 0 Å². The van der Waals surface area contributed by atoms with E-state index in [1.165, 1.54) is 31.5 Å². The van der Waals surface area contributed by atoms with Gasteiger partial charge in [-0.3, -0.25) is 0 Å². The minimum atomic E-state index is 0.676. The molecule has 0 aromatic heterocycles. The summed E-state index contributed by atoms with van der Waals surface area (Å²) in [6, 6.07) is 9.09. The van der Waals surface area contributed by atoms with Crippen LogP contribution < -0.4 is 10.1 Å². The maximum absolute atomic E-state index is 5.17. The Morgan fingerprint density at radius 3 is 2.78 bits per heavy atom. The van der Waals surface area contributed by atoms with E-state index >= 15 is 0 Å². The van der Waals surface area contributed by atoms with E-state index in [2.05, 4.69) is 29.4 Å². The standard InChI is InChI=1S/C15H24N2O/c1-16-14-4-3-10-17(12-14)11-9-13-5-7-15(18-2)8-6-13/h5-8,14,16H,3-4,9-12H2,1-2H3. The number of piperidine rings is 1. The molecule has 1 aliphatic rings. The number of nitrogens with one attached hydrogen (secondary N) is 1. The molecule has 0 saturated carbocycles. The maximum atomic E-state index is 5.17. The van der Waals surface area contributed by atoms with Crippen LogP contribution in [0, 0.1) is 0 Å². The van der Waals surface area contributed by atoms with Gasteiger partial charge in [-0.1, -0.05) is 12.1 Å². The predicted molar refractivity (Wildman–Crippen MR) is 75.2 cm³/mol. The van der Waals surface area contributed by atoms with Crippen LogP contribution in [-0.4, -0.2) is 44.7 Å². The maximum Gasteiger partial charge on any atom is 0.118 e. The summed E-state index contributed by atoms with van der Waals surface area (Å²) in [5.41, 5.74) is 1.39. The SMILES string of the molecule is CNC1CCCN(CCc2ccc(OC)cc2)C1. The number of hydrogen-bond donors (Lipinski definition) is 1. The van der Waals surface area contributed by atoms with Gasteiger partial charge in [0.05, 0.1) is 7.11 Å². The second kappa shape index (κ2) is 6.76. The highest BCUT2D eigenvalue weighted by molar-refractivity contribution is 5.27. The summed E-state index contributed by atoms with van der Waals surface area (Å²) < 4.78 is 5.17. The van der Waals surface area contributed by atoms with Gasteiger partial charge in [0.25, 0.3) is 0 Å². The summed E-state index contributed by atoms with van der Waals surface area (Å²) in [4.78, 5) is 2.56. The average Bonchev–Trinajstić information content (AvgIpc) is 2.46. The lowest BCUT2D eigenvalue weighted by Gasteiger charge is -2.32. The number of ether oxygens (including phenoxy) is 1. The van der Waals surface area contributed by atoms with Gasteiger partial charge in [0, 0.05) is 19.1 Å². The topological polar surface area (TPSA) is 24.5 Å². The van der Waals surface area contributed by atoms with Crippen LogP contribution in [-0.2, 0) is 6.42 Å². The molecule has 1 aromatic carbocycles. The Bertz CT molecular complexity index is 350. The Kier molecular flexibility index (Phi) is 5.02. The number of hydrogen-bond acceptors (Lipinski definition) is 3. The molecule has 0 aliphatic carbocycles. The summed E-state index contributed by atoms with van der Waals surface area (Å²) >= 11 is 0. The summed E-state index contributed by atoms with van der Waals surface area (Å²) in [5.74, 6) is 0.937. The van der Waals surface area contributed by atoms with Gasteiger partial charge in [-0.2, -0.15) is 0 Å². The predicted octanol–water partition coefficient (Wildman–Crippen LogP) is 1.92. The monoisotopic (exact) mass is 248 g/mol. The second-order valence-corrected chi connectivity index (χ2v) is 5.03. The van der Waals surface area contributed by atoms with E-state index < -0.39 is 0 Å². The number of nitrogens with zero attached hydrogens (tertiary/aromatic N) is 1. The Morgan fingerprint density at radius 2 is 2.11 bits per heavy atom. The average molecular weight is 248 g/mol. The van der Waals surface area contributed by atoms with Crippen molar-refractivity contribution in [2.24, 2.45) is 0 Å². The highest BCUT2D eigenvalue weighted by Gasteiger charge is 2.17. The first-order valence-electron chi connectivity index (χ1n) is 6.84. The highest BCUT2D eigenvalue weighted by Crippen LogP contribution is 2.14. The fraction of sp³-hybridized carbons (Fsp3) is 0.600. The molecule has 1 heterocycles. The van der Waals surface area contributed by atoms with E-state index in [0.717, 1.165) is 18.7 Å². The van der Waals surface area contributed by atoms with Crippen LogP contribution in [0.25, 0.3) is 0 Å². The van der Waals surface area contributed by atoms with E-state index in [0.29, 0.717) is 6.04 Å². The van der Waals surface area contributed by atoms with Gasteiger partial charge in [0.1, 0.15) is 5.75 Å². The Morgan fingerprint density at radius 1 is 1.33 bits per heavy atom. The summed E-state index contributed by atoms with van der Waals surface area (Å²) in [5, 5.41) is 3.39. The van der Waals surface area contributed by atoms with Gasteiger partial charge >= 0.3 is 0 Å². The molecule has 0 bridgehead atoms. The van der Waals surface area contributed by atoms with E-state index in [1.807, 2.05) is 12.1 Å². The van der Waals surface area contributed by atoms with Crippen LogP contribution >= 0.6 is 0 Å². The Hall–Kier alpha value is -1.06. The van der Waals surface area contributed by atoms with Crippen molar-refractivity contribution in [3.8, 4) is 5.75 Å². The molecule has 100 valence electrons. The second-order valence-electron chi connectivity index (χ2n) is 5.03. The third-order valence-corrected chi connectivity index (χ3v) is 3.79. The van der Waals surface area contributed by atoms with Crippen LogP contribution in [0.5, 0.6) is 5.75 Å². The fourth-order valence-corrected chi connectivity index (χ4v) is 2.57. The third kappa shape index (κ3) is 3.72. The Balaban J connectivity index is 1.79. The minimum Gasteiger partial charge on any atom is -0.497 e. The highest BCUT2D eigenvalue weighted by atomic mass is 16.5. The molecule has 3 nitrogen and oxygen atoms in total.